The van der Waals surface area contributed by atoms with Crippen molar-refractivity contribution in [3.63, 3.8) is 0 Å². The first-order valence-electron chi connectivity index (χ1n) is 6.49. The number of piperazine rings is 1. The monoisotopic (exact) mass is 244 g/mol. The second kappa shape index (κ2) is 4.63. The number of nitrogens with zero attached hydrogens (tertiary/aromatic N) is 2. The van der Waals surface area contributed by atoms with Crippen molar-refractivity contribution in [2.24, 2.45) is 0 Å². The predicted molar refractivity (Wildman–Crippen MR) is 75.5 cm³/mol. The first kappa shape index (κ1) is 11.6. The van der Waals surface area contributed by atoms with Crippen molar-refractivity contribution in [2.75, 3.05) is 39.0 Å². The Hall–Kier alpha value is -1.52. The quantitative estimate of drug-likeness (QED) is 0.787. The Kier molecular flexibility index (Phi) is 2.97. The molecule has 1 fully saturated rings. The van der Waals surface area contributed by atoms with E-state index >= 15 is 0 Å². The molecule has 0 radical (unpaired) electrons. The van der Waals surface area contributed by atoms with Crippen LogP contribution in [0.1, 0.15) is 5.56 Å². The highest BCUT2D eigenvalue weighted by molar-refractivity contribution is 5.92. The molecule has 96 valence electrons. The topological polar surface area (TPSA) is 48.3 Å². The maximum atomic E-state index is 5.97. The Bertz CT molecular complexity index is 538. The molecular formula is C14H20N4. The van der Waals surface area contributed by atoms with Gasteiger partial charge in [0.1, 0.15) is 0 Å². The molecule has 4 nitrogen and oxygen atoms in total. The first-order valence-corrected chi connectivity index (χ1v) is 6.49. The van der Waals surface area contributed by atoms with Crippen molar-refractivity contribution in [1.82, 2.24) is 14.8 Å². The molecule has 0 saturated carbocycles. The minimum atomic E-state index is 0.831. The van der Waals surface area contributed by atoms with E-state index in [1.54, 1.807) is 0 Å². The lowest BCUT2D eigenvalue weighted by Gasteiger charge is -2.32. The van der Waals surface area contributed by atoms with Gasteiger partial charge in [-0.3, -0.25) is 4.90 Å². The Morgan fingerprint density at radius 2 is 2.00 bits per heavy atom. The maximum absolute atomic E-state index is 5.97. The number of likely N-dealkylation sites (N-methyl/N-ethyl adjacent to an activating group) is 1. The van der Waals surface area contributed by atoms with E-state index in [0.717, 1.165) is 43.9 Å². The van der Waals surface area contributed by atoms with Crippen LogP contribution in [0, 0.1) is 0 Å². The number of nitrogen functional groups attached to an aromatic ring is 1. The van der Waals surface area contributed by atoms with Crippen LogP contribution in [0.2, 0.25) is 0 Å². The number of anilines is 1. The number of hydrogen-bond acceptors (Lipinski definition) is 3. The third-order valence-corrected chi connectivity index (χ3v) is 3.82. The largest absolute Gasteiger partial charge is 0.397 e. The van der Waals surface area contributed by atoms with E-state index in [-0.39, 0.29) is 0 Å². The normalized spacial score (nSPS) is 18.5. The standard InChI is InChI=1S/C14H20N4/c1-17-5-7-18(8-6-17)10-11-9-16-14-12(11)3-2-4-13(14)15/h2-4,9,16H,5-8,10,15H2,1H3. The number of H-pyrrole nitrogens is 1. The van der Waals surface area contributed by atoms with E-state index in [9.17, 15) is 0 Å². The minimum absolute atomic E-state index is 0.831. The van der Waals surface area contributed by atoms with Gasteiger partial charge in [0.25, 0.3) is 0 Å². The number of nitrogens with one attached hydrogen (secondary N) is 1. The lowest BCUT2D eigenvalue weighted by atomic mass is 10.1. The predicted octanol–water partition coefficient (Wildman–Crippen LogP) is 1.50. The number of hydrogen-bond donors (Lipinski definition) is 2. The van der Waals surface area contributed by atoms with E-state index in [0.29, 0.717) is 0 Å². The van der Waals surface area contributed by atoms with Crippen LogP contribution in [0.15, 0.2) is 24.4 Å². The number of benzene rings is 1. The molecule has 0 bridgehead atoms. The maximum Gasteiger partial charge on any atom is 0.0690 e. The number of para-hydroxylation sites is 1. The van der Waals surface area contributed by atoms with Crippen LogP contribution in [-0.2, 0) is 6.54 Å². The molecule has 0 spiro atoms. The molecule has 18 heavy (non-hydrogen) atoms. The van der Waals surface area contributed by atoms with Crippen molar-refractivity contribution in [3.8, 4) is 0 Å². The molecule has 0 amide bonds. The Morgan fingerprint density at radius 3 is 2.78 bits per heavy atom. The van der Waals surface area contributed by atoms with Gasteiger partial charge in [0, 0.05) is 44.3 Å². The number of rotatable bonds is 2. The van der Waals surface area contributed by atoms with Crippen LogP contribution in [0.25, 0.3) is 10.9 Å². The van der Waals surface area contributed by atoms with Gasteiger partial charge in [-0.2, -0.15) is 0 Å². The van der Waals surface area contributed by atoms with Gasteiger partial charge in [0.2, 0.25) is 0 Å². The van der Waals surface area contributed by atoms with E-state index in [1.165, 1.54) is 10.9 Å². The van der Waals surface area contributed by atoms with Crippen molar-refractivity contribution in [3.05, 3.63) is 30.0 Å². The minimum Gasteiger partial charge on any atom is -0.397 e. The lowest BCUT2D eigenvalue weighted by Crippen LogP contribution is -2.43. The number of fused-ring (bicyclic) bond motifs is 1. The third-order valence-electron chi connectivity index (χ3n) is 3.82. The molecule has 1 aromatic heterocycles. The molecule has 1 aromatic carbocycles. The molecular weight excluding hydrogens is 224 g/mol. The summed E-state index contributed by atoms with van der Waals surface area (Å²) in [5.74, 6) is 0. The zero-order chi connectivity index (χ0) is 12.5. The molecule has 3 N–H and O–H groups in total. The molecule has 0 atom stereocenters. The van der Waals surface area contributed by atoms with Crippen molar-refractivity contribution in [2.45, 2.75) is 6.54 Å². The summed E-state index contributed by atoms with van der Waals surface area (Å²) < 4.78 is 0. The summed E-state index contributed by atoms with van der Waals surface area (Å²) >= 11 is 0. The van der Waals surface area contributed by atoms with Crippen LogP contribution in [-0.4, -0.2) is 48.0 Å². The van der Waals surface area contributed by atoms with Gasteiger partial charge in [-0.1, -0.05) is 12.1 Å². The van der Waals surface area contributed by atoms with E-state index < -0.39 is 0 Å². The van der Waals surface area contributed by atoms with Gasteiger partial charge in [-0.15, -0.1) is 0 Å². The van der Waals surface area contributed by atoms with Crippen molar-refractivity contribution >= 4 is 16.6 Å². The van der Waals surface area contributed by atoms with Crippen LogP contribution in [0.3, 0.4) is 0 Å². The van der Waals surface area contributed by atoms with Gasteiger partial charge < -0.3 is 15.6 Å². The van der Waals surface area contributed by atoms with E-state index in [4.69, 9.17) is 5.73 Å². The number of nitrogens with two attached hydrogens (primary N) is 1. The van der Waals surface area contributed by atoms with Gasteiger partial charge >= 0.3 is 0 Å². The summed E-state index contributed by atoms with van der Waals surface area (Å²) in [5.41, 5.74) is 9.22. The molecule has 0 unspecified atom stereocenters. The van der Waals surface area contributed by atoms with Crippen molar-refractivity contribution in [1.29, 1.82) is 0 Å². The van der Waals surface area contributed by atoms with Crippen molar-refractivity contribution < 1.29 is 0 Å². The molecule has 4 heteroatoms. The second-order valence-corrected chi connectivity index (χ2v) is 5.16. The third kappa shape index (κ3) is 2.09. The SMILES string of the molecule is CN1CCN(Cc2c[nH]c3c(N)cccc23)CC1. The Balaban J connectivity index is 1.81. The second-order valence-electron chi connectivity index (χ2n) is 5.16. The molecule has 1 aliphatic heterocycles. The van der Waals surface area contributed by atoms with E-state index in [1.807, 2.05) is 12.1 Å². The fourth-order valence-corrected chi connectivity index (χ4v) is 2.61. The fourth-order valence-electron chi connectivity index (χ4n) is 2.61. The summed E-state index contributed by atoms with van der Waals surface area (Å²) in [7, 11) is 2.18. The molecule has 3 rings (SSSR count). The van der Waals surface area contributed by atoms with Gasteiger partial charge in [0.05, 0.1) is 11.2 Å². The number of aromatic nitrogens is 1. The van der Waals surface area contributed by atoms with Gasteiger partial charge in [-0.25, -0.2) is 0 Å². The Labute approximate surface area is 107 Å². The average Bonchev–Trinajstić information content (AvgIpc) is 2.77. The summed E-state index contributed by atoms with van der Waals surface area (Å²) in [5, 5.41) is 1.26. The van der Waals surface area contributed by atoms with Crippen LogP contribution < -0.4 is 5.73 Å². The smallest absolute Gasteiger partial charge is 0.0690 e. The Morgan fingerprint density at radius 1 is 1.22 bits per heavy atom. The highest BCUT2D eigenvalue weighted by Gasteiger charge is 2.15. The summed E-state index contributed by atoms with van der Waals surface area (Å²) in [4.78, 5) is 8.18. The summed E-state index contributed by atoms with van der Waals surface area (Å²) in [6, 6.07) is 6.12. The van der Waals surface area contributed by atoms with Crippen LogP contribution in [0.5, 0.6) is 0 Å². The molecule has 1 aliphatic rings. The van der Waals surface area contributed by atoms with E-state index in [2.05, 4.69) is 34.1 Å². The number of aromatic amines is 1. The molecule has 2 heterocycles. The van der Waals surface area contributed by atoms with Crippen LogP contribution >= 0.6 is 0 Å². The highest BCUT2D eigenvalue weighted by Crippen LogP contribution is 2.24. The molecule has 2 aromatic rings. The average molecular weight is 244 g/mol. The molecule has 1 saturated heterocycles. The highest BCUT2D eigenvalue weighted by atomic mass is 15.2. The van der Waals surface area contributed by atoms with Gasteiger partial charge in [-0.05, 0) is 18.7 Å². The lowest BCUT2D eigenvalue weighted by molar-refractivity contribution is 0.148. The van der Waals surface area contributed by atoms with Crippen LogP contribution in [0.4, 0.5) is 5.69 Å². The zero-order valence-electron chi connectivity index (χ0n) is 10.8. The van der Waals surface area contributed by atoms with Gasteiger partial charge in [0.15, 0.2) is 0 Å². The first-order chi connectivity index (χ1) is 8.74. The zero-order valence-corrected chi connectivity index (χ0v) is 10.8. The fraction of sp³-hybridized carbons (Fsp3) is 0.429. The summed E-state index contributed by atoms with van der Waals surface area (Å²) in [6.07, 6.45) is 2.10. The molecule has 0 aliphatic carbocycles. The summed E-state index contributed by atoms with van der Waals surface area (Å²) in [6.45, 7) is 5.61.